The maximum Gasteiger partial charge on any atom is 0.234 e. The zero-order chi connectivity index (χ0) is 21.0. The number of benzene rings is 2. The van der Waals surface area contributed by atoms with Crippen LogP contribution in [0, 0.1) is 24.5 Å². The molecule has 29 heavy (non-hydrogen) atoms. The van der Waals surface area contributed by atoms with E-state index >= 15 is 0 Å². The molecule has 1 aromatic heterocycles. The Morgan fingerprint density at radius 2 is 1.90 bits per heavy atom. The Labute approximate surface area is 172 Å². The van der Waals surface area contributed by atoms with E-state index in [2.05, 4.69) is 15.5 Å². The first-order valence-electron chi connectivity index (χ1n) is 9.22. The first-order chi connectivity index (χ1) is 13.8. The number of halogens is 2. The molecular weight excluding hydrogens is 394 g/mol. The lowest BCUT2D eigenvalue weighted by Crippen LogP contribution is -2.15. The molecule has 3 rings (SSSR count). The van der Waals surface area contributed by atoms with E-state index in [-0.39, 0.29) is 29.2 Å². The van der Waals surface area contributed by atoms with Crippen molar-refractivity contribution in [3.63, 3.8) is 0 Å². The topological polar surface area (TPSA) is 59.8 Å². The molecule has 3 aromatic rings. The lowest BCUT2D eigenvalue weighted by atomic mass is 10.2. The van der Waals surface area contributed by atoms with Crippen LogP contribution in [0.15, 0.2) is 47.6 Å². The Hall–Kier alpha value is -2.74. The van der Waals surface area contributed by atoms with E-state index in [1.807, 2.05) is 18.4 Å². The average Bonchev–Trinajstić information content (AvgIpc) is 3.05. The molecule has 5 nitrogen and oxygen atoms in total. The molecule has 0 spiro atoms. The average molecular weight is 416 g/mol. The summed E-state index contributed by atoms with van der Waals surface area (Å²) in [5, 5.41) is 11.5. The third-order valence-corrected chi connectivity index (χ3v) is 5.13. The minimum Gasteiger partial charge on any atom is -0.325 e. The van der Waals surface area contributed by atoms with Crippen LogP contribution in [0.2, 0.25) is 0 Å². The number of amides is 1. The summed E-state index contributed by atoms with van der Waals surface area (Å²) in [6.07, 6.45) is 0. The van der Waals surface area contributed by atoms with E-state index in [9.17, 15) is 13.6 Å². The van der Waals surface area contributed by atoms with Crippen molar-refractivity contribution in [2.24, 2.45) is 5.92 Å². The minimum absolute atomic E-state index is 0.0724. The summed E-state index contributed by atoms with van der Waals surface area (Å²) in [4.78, 5) is 12.3. The van der Waals surface area contributed by atoms with Crippen molar-refractivity contribution in [3.05, 3.63) is 59.7 Å². The van der Waals surface area contributed by atoms with E-state index in [1.165, 1.54) is 23.9 Å². The normalized spacial score (nSPS) is 11.1. The number of nitrogens with zero attached hydrogens (tertiary/aromatic N) is 3. The standard InChI is InChI=1S/C21H22F2N4OS/c1-13(2)11-27-20(16-6-4-5-7-17(16)22)25-26-21(27)29-12-19(28)24-15-9-8-14(3)18(23)10-15/h4-10,13H,11-12H2,1-3H3,(H,24,28). The van der Waals surface area contributed by atoms with Gasteiger partial charge in [-0.15, -0.1) is 10.2 Å². The summed E-state index contributed by atoms with van der Waals surface area (Å²) >= 11 is 1.21. The van der Waals surface area contributed by atoms with Crippen molar-refractivity contribution in [1.82, 2.24) is 14.8 Å². The van der Waals surface area contributed by atoms with Gasteiger partial charge in [0.05, 0.1) is 11.3 Å². The molecule has 0 unspecified atom stereocenters. The number of thioether (sulfide) groups is 1. The van der Waals surface area contributed by atoms with Crippen LogP contribution >= 0.6 is 11.8 Å². The van der Waals surface area contributed by atoms with Gasteiger partial charge in [-0.2, -0.15) is 0 Å². The molecule has 152 valence electrons. The summed E-state index contributed by atoms with van der Waals surface area (Å²) in [6, 6.07) is 10.9. The van der Waals surface area contributed by atoms with Crippen molar-refractivity contribution in [3.8, 4) is 11.4 Å². The van der Waals surface area contributed by atoms with Gasteiger partial charge in [0.2, 0.25) is 5.91 Å². The number of hydrogen-bond acceptors (Lipinski definition) is 4. The summed E-state index contributed by atoms with van der Waals surface area (Å²) in [5.74, 6) is -0.254. The predicted molar refractivity (Wildman–Crippen MR) is 111 cm³/mol. The van der Waals surface area contributed by atoms with E-state index in [0.717, 1.165) is 0 Å². The van der Waals surface area contributed by atoms with Gasteiger partial charge in [-0.05, 0) is 42.7 Å². The third-order valence-electron chi connectivity index (χ3n) is 4.17. The Bertz CT molecular complexity index is 1020. The molecule has 1 N–H and O–H groups in total. The largest absolute Gasteiger partial charge is 0.325 e. The Morgan fingerprint density at radius 1 is 1.14 bits per heavy atom. The second-order valence-electron chi connectivity index (χ2n) is 7.09. The SMILES string of the molecule is Cc1ccc(NC(=O)CSc2nnc(-c3ccccc3F)n2CC(C)C)cc1F. The second-order valence-corrected chi connectivity index (χ2v) is 8.03. The van der Waals surface area contributed by atoms with Crippen LogP contribution in [-0.2, 0) is 11.3 Å². The molecule has 1 heterocycles. The molecule has 0 aliphatic carbocycles. The number of carbonyl (C=O) groups is 1. The molecule has 0 fully saturated rings. The van der Waals surface area contributed by atoms with Gasteiger partial charge in [-0.3, -0.25) is 4.79 Å². The molecule has 0 radical (unpaired) electrons. The fourth-order valence-corrected chi connectivity index (χ4v) is 3.51. The smallest absolute Gasteiger partial charge is 0.234 e. The van der Waals surface area contributed by atoms with Crippen molar-refractivity contribution in [2.45, 2.75) is 32.5 Å². The first kappa shape index (κ1) is 21.0. The Kier molecular flexibility index (Phi) is 6.64. The molecule has 0 saturated carbocycles. The fourth-order valence-electron chi connectivity index (χ4n) is 2.76. The molecule has 0 saturated heterocycles. The molecular formula is C21H22F2N4OS. The second kappa shape index (κ2) is 9.17. The maximum absolute atomic E-state index is 14.2. The van der Waals surface area contributed by atoms with Gasteiger partial charge in [-0.25, -0.2) is 8.78 Å². The van der Waals surface area contributed by atoms with Crippen molar-refractivity contribution in [1.29, 1.82) is 0 Å². The highest BCUT2D eigenvalue weighted by Gasteiger charge is 2.19. The summed E-state index contributed by atoms with van der Waals surface area (Å²) < 4.78 is 29.7. The Morgan fingerprint density at radius 3 is 2.59 bits per heavy atom. The summed E-state index contributed by atoms with van der Waals surface area (Å²) in [6.45, 7) is 6.33. The number of aromatic nitrogens is 3. The van der Waals surface area contributed by atoms with Crippen LogP contribution in [0.4, 0.5) is 14.5 Å². The van der Waals surface area contributed by atoms with Gasteiger partial charge in [0.15, 0.2) is 11.0 Å². The number of carbonyl (C=O) groups excluding carboxylic acids is 1. The van der Waals surface area contributed by atoms with Gasteiger partial charge < -0.3 is 9.88 Å². The van der Waals surface area contributed by atoms with E-state index < -0.39 is 0 Å². The highest BCUT2D eigenvalue weighted by atomic mass is 32.2. The van der Waals surface area contributed by atoms with E-state index in [1.54, 1.807) is 37.3 Å². The highest BCUT2D eigenvalue weighted by molar-refractivity contribution is 7.99. The monoisotopic (exact) mass is 416 g/mol. The van der Waals surface area contributed by atoms with Crippen LogP contribution in [-0.4, -0.2) is 26.4 Å². The lowest BCUT2D eigenvalue weighted by molar-refractivity contribution is -0.113. The van der Waals surface area contributed by atoms with Gasteiger partial charge >= 0.3 is 0 Å². The molecule has 0 aliphatic heterocycles. The van der Waals surface area contributed by atoms with E-state index in [0.29, 0.717) is 34.3 Å². The zero-order valence-electron chi connectivity index (χ0n) is 16.4. The number of nitrogens with one attached hydrogen (secondary N) is 1. The van der Waals surface area contributed by atoms with Crippen LogP contribution in [0.3, 0.4) is 0 Å². The third kappa shape index (κ3) is 5.20. The van der Waals surface area contributed by atoms with Crippen LogP contribution in [0.5, 0.6) is 0 Å². The first-order valence-corrected chi connectivity index (χ1v) is 10.2. The van der Waals surface area contributed by atoms with Gasteiger partial charge in [0.1, 0.15) is 11.6 Å². The number of aryl methyl sites for hydroxylation is 1. The van der Waals surface area contributed by atoms with Gasteiger partial charge in [0.25, 0.3) is 0 Å². The zero-order valence-corrected chi connectivity index (χ0v) is 17.3. The summed E-state index contributed by atoms with van der Waals surface area (Å²) in [5.41, 5.74) is 1.28. The quantitative estimate of drug-likeness (QED) is 0.556. The van der Waals surface area contributed by atoms with Crippen LogP contribution in [0.25, 0.3) is 11.4 Å². The molecule has 0 aliphatic rings. The van der Waals surface area contributed by atoms with Crippen molar-refractivity contribution >= 4 is 23.4 Å². The minimum atomic E-state index is -0.374. The maximum atomic E-state index is 14.2. The Balaban J connectivity index is 1.75. The van der Waals surface area contributed by atoms with Crippen LogP contribution in [0.1, 0.15) is 19.4 Å². The number of rotatable bonds is 7. The van der Waals surface area contributed by atoms with Crippen molar-refractivity contribution in [2.75, 3.05) is 11.1 Å². The molecule has 0 bridgehead atoms. The van der Waals surface area contributed by atoms with Crippen molar-refractivity contribution < 1.29 is 13.6 Å². The van der Waals surface area contributed by atoms with Gasteiger partial charge in [0, 0.05) is 12.2 Å². The number of anilines is 1. The number of hydrogen-bond donors (Lipinski definition) is 1. The molecule has 8 heteroatoms. The molecule has 1 amide bonds. The molecule has 2 aromatic carbocycles. The molecule has 0 atom stereocenters. The fraction of sp³-hybridized carbons (Fsp3) is 0.286. The summed E-state index contributed by atoms with van der Waals surface area (Å²) in [7, 11) is 0. The predicted octanol–water partition coefficient (Wildman–Crippen LogP) is 4.92. The highest BCUT2D eigenvalue weighted by Crippen LogP contribution is 2.27. The van der Waals surface area contributed by atoms with Gasteiger partial charge in [-0.1, -0.05) is 43.8 Å². The van der Waals surface area contributed by atoms with E-state index in [4.69, 9.17) is 0 Å². The lowest BCUT2D eigenvalue weighted by Gasteiger charge is -2.13. The van der Waals surface area contributed by atoms with Crippen LogP contribution < -0.4 is 5.32 Å².